The van der Waals surface area contributed by atoms with Crippen molar-refractivity contribution in [3.63, 3.8) is 0 Å². The average molecular weight is 1490 g/mol. The molecule has 4 heterocycles. The Morgan fingerprint density at radius 3 is 0.721 bits per heavy atom. The number of pyridine rings is 4. The molecule has 0 aliphatic carbocycles. The molecule has 0 aliphatic rings. The van der Waals surface area contributed by atoms with Crippen molar-refractivity contribution < 1.29 is 9.47 Å². The van der Waals surface area contributed by atoms with Crippen LogP contribution in [0.3, 0.4) is 0 Å². The van der Waals surface area contributed by atoms with Gasteiger partial charge in [-0.15, -0.1) is 0 Å². The highest BCUT2D eigenvalue weighted by atomic mass is 16.5. The van der Waals surface area contributed by atoms with Gasteiger partial charge in [0.15, 0.2) is 0 Å². The molecule has 0 bridgehead atoms. The molecule has 14 nitrogen and oxygen atoms in total. The zero-order valence-electron chi connectivity index (χ0n) is 67.1. The monoisotopic (exact) mass is 1490 g/mol. The Balaban J connectivity index is 1.21. The summed E-state index contributed by atoms with van der Waals surface area (Å²) in [5.74, 6) is 0.396. The number of hydrogen-bond donors (Lipinski definition) is 0. The van der Waals surface area contributed by atoms with E-state index in [1.54, 1.807) is 25.4 Å². The Morgan fingerprint density at radius 1 is 0.225 bits per heavy atom. The Labute approximate surface area is 646 Å². The van der Waals surface area contributed by atoms with Crippen LogP contribution >= 0.6 is 0 Å². The first-order valence-electron chi connectivity index (χ1n) is 43.2. The lowest BCUT2D eigenvalue weighted by Gasteiger charge is -2.28. The second kappa shape index (κ2) is 31.4. The standard InChI is InChI=1S/C97H110N4O10/c1-10-18-26-34-55(35-27-19-11-2)98-90(102)62-45-42-59-60-43-46-63-76-70(94(106)99(91(63)103)56(36-28-20-12-3)37-29-21-13-4)51-66-79-68-53-72-80-73(97(109)101(96(72)108)58(40-32-24-16-7)41-33-25-17-8)54-74(111-49-48-110-9)81-61-44-47-64-77-71(95(107)100(92(64)104)57(38-30-22-14-5)39-31-23-15-6)52-67(87(84(61)77)88(68)89(80)81)78(79)65-50-69(93(98)105)75(62)82(59)85(65)86(66)83(60)76/h42-47,50-58H,10-41,48-49H2,1-9H3. The molecule has 0 amide bonds. The lowest BCUT2D eigenvalue weighted by Crippen LogP contribution is -2.37. The molecule has 4 aromatic heterocycles. The van der Waals surface area contributed by atoms with Crippen molar-refractivity contribution in [1.82, 2.24) is 18.3 Å². The predicted molar refractivity (Wildman–Crippen MR) is 467 cm³/mol. The van der Waals surface area contributed by atoms with Crippen molar-refractivity contribution in [3.05, 3.63) is 150 Å². The molecule has 0 spiro atoms. The number of aromatic nitrogens is 4. The molecule has 0 unspecified atom stereocenters. The van der Waals surface area contributed by atoms with Crippen LogP contribution in [0.1, 0.15) is 285 Å². The SMILES string of the molecule is CCCCCC(CCCCC)n1c(=O)c2ccc3c4ccc5c(=O)n(C(CCCCC)CCCCC)c(=O)c6cc7c8c9cc%10c(=O)n(C(CCCCC)CCCCC)c(=O)c%11cc(OCCOC)c%12c%13ccc%14c(=O)n(C(CCCCC)CCCCC)c(=O)c%15cc(c8c8cc(c1=O)c2c3c8c7c4c56)c(c%13c%14%15)c9c%12c%11%10. The summed E-state index contributed by atoms with van der Waals surface area (Å²) < 4.78 is 19.1. The third kappa shape index (κ3) is 12.0. The smallest absolute Gasteiger partial charge is 0.261 e. The number of fused-ring (bicyclic) bond motifs is 7. The molecule has 0 N–H and O–H groups in total. The van der Waals surface area contributed by atoms with Gasteiger partial charge in [-0.25, -0.2) is 0 Å². The van der Waals surface area contributed by atoms with E-state index in [4.69, 9.17) is 9.47 Å². The summed E-state index contributed by atoms with van der Waals surface area (Å²) in [6.07, 6.45) is 27.4. The number of nitrogens with zero attached hydrogens (tertiary/aromatic N) is 4. The number of unbranched alkanes of at least 4 members (excludes halogenated alkanes) is 16. The van der Waals surface area contributed by atoms with E-state index in [0.29, 0.717) is 181 Å². The first-order chi connectivity index (χ1) is 54.2. The maximum absolute atomic E-state index is 16.8. The van der Waals surface area contributed by atoms with Crippen molar-refractivity contribution in [2.24, 2.45) is 0 Å². The molecule has 0 atom stereocenters. The summed E-state index contributed by atoms with van der Waals surface area (Å²) in [6.45, 7) is 17.7. The van der Waals surface area contributed by atoms with Crippen LogP contribution < -0.4 is 49.2 Å². The highest BCUT2D eigenvalue weighted by molar-refractivity contribution is 6.56. The number of ether oxygens (including phenoxy) is 2. The largest absolute Gasteiger partial charge is 0.490 e. The van der Waals surface area contributed by atoms with Crippen molar-refractivity contribution in [2.45, 2.75) is 285 Å². The van der Waals surface area contributed by atoms with Crippen LogP contribution in [0.15, 0.2) is 105 Å². The Kier molecular flexibility index (Phi) is 21.5. The second-order valence-corrected chi connectivity index (χ2v) is 33.3. The van der Waals surface area contributed by atoms with Crippen molar-refractivity contribution in [3.8, 4) is 5.75 Å². The highest BCUT2D eigenvalue weighted by Gasteiger charge is 2.36. The van der Waals surface area contributed by atoms with E-state index in [-0.39, 0.29) is 70.3 Å². The molecule has 0 saturated carbocycles. The van der Waals surface area contributed by atoms with Gasteiger partial charge in [0.25, 0.3) is 44.5 Å². The fourth-order valence-electron chi connectivity index (χ4n) is 21.0. The number of methoxy groups -OCH3 is 1. The minimum absolute atomic E-state index is 0.109. The highest BCUT2D eigenvalue weighted by Crippen LogP contribution is 2.58. The summed E-state index contributed by atoms with van der Waals surface area (Å²) in [4.78, 5) is 131. The molecule has 14 heteroatoms. The van der Waals surface area contributed by atoms with E-state index in [1.165, 1.54) is 0 Å². The fraction of sp³-hybridized carbons (Fsp3) is 0.485. The number of benzene rings is 12. The topological polar surface area (TPSA) is 175 Å². The van der Waals surface area contributed by atoms with Gasteiger partial charge < -0.3 is 9.47 Å². The van der Waals surface area contributed by atoms with E-state index >= 15 is 38.4 Å². The lowest BCUT2D eigenvalue weighted by molar-refractivity contribution is 0.147. The van der Waals surface area contributed by atoms with Crippen LogP contribution in [0.2, 0.25) is 0 Å². The molecule has 0 aliphatic heterocycles. The Morgan fingerprint density at radius 2 is 0.441 bits per heavy atom. The molecule has 16 aromatic rings. The summed E-state index contributed by atoms with van der Waals surface area (Å²) in [7, 11) is 1.62. The summed E-state index contributed by atoms with van der Waals surface area (Å²) in [5.41, 5.74) is -2.89. The van der Waals surface area contributed by atoms with Gasteiger partial charge in [-0.3, -0.25) is 56.6 Å². The van der Waals surface area contributed by atoms with E-state index in [9.17, 15) is 0 Å². The van der Waals surface area contributed by atoms with Gasteiger partial charge in [0.2, 0.25) is 0 Å². The van der Waals surface area contributed by atoms with Gasteiger partial charge in [-0.2, -0.15) is 0 Å². The Hall–Kier alpha value is -9.14. The second-order valence-electron chi connectivity index (χ2n) is 33.3. The van der Waals surface area contributed by atoms with Gasteiger partial charge in [0, 0.05) is 101 Å². The van der Waals surface area contributed by atoms with E-state index in [2.05, 4.69) is 55.4 Å². The molecular weight excluding hydrogens is 1380 g/mol. The Bertz CT molecular complexity index is 6630. The van der Waals surface area contributed by atoms with Gasteiger partial charge in [-0.05, 0) is 186 Å². The molecule has 16 rings (SSSR count). The molecule has 12 aromatic carbocycles. The number of hydrogen-bond acceptors (Lipinski definition) is 10. The minimum Gasteiger partial charge on any atom is -0.490 e. The molecule has 0 fully saturated rings. The molecule has 578 valence electrons. The summed E-state index contributed by atoms with van der Waals surface area (Å²) in [5, 5.41) is 17.7. The summed E-state index contributed by atoms with van der Waals surface area (Å²) in [6, 6.07) is 20.1. The zero-order chi connectivity index (χ0) is 77.4. The zero-order valence-corrected chi connectivity index (χ0v) is 67.1. The predicted octanol–water partition coefficient (Wildman–Crippen LogP) is 23.4. The van der Waals surface area contributed by atoms with Crippen LogP contribution in [0.5, 0.6) is 5.75 Å². The minimum atomic E-state index is -0.415. The summed E-state index contributed by atoms with van der Waals surface area (Å²) >= 11 is 0. The third-order valence-electron chi connectivity index (χ3n) is 26.3. The quantitative estimate of drug-likeness (QED) is 0.0204. The lowest BCUT2D eigenvalue weighted by atomic mass is 9.76. The van der Waals surface area contributed by atoms with Crippen molar-refractivity contribution in [1.29, 1.82) is 0 Å². The molecule has 0 saturated heterocycles. The van der Waals surface area contributed by atoms with Gasteiger partial charge in [0.1, 0.15) is 12.4 Å². The van der Waals surface area contributed by atoms with E-state index in [0.717, 1.165) is 192 Å². The van der Waals surface area contributed by atoms with Gasteiger partial charge in [0.05, 0.1) is 12.0 Å². The van der Waals surface area contributed by atoms with Crippen LogP contribution in [-0.2, 0) is 4.74 Å². The fourth-order valence-corrected chi connectivity index (χ4v) is 21.0. The van der Waals surface area contributed by atoms with Crippen LogP contribution in [0.25, 0.3) is 162 Å². The number of rotatable bonds is 40. The van der Waals surface area contributed by atoms with E-state index in [1.807, 2.05) is 66.7 Å². The van der Waals surface area contributed by atoms with Crippen LogP contribution in [0, 0.1) is 0 Å². The van der Waals surface area contributed by atoms with Crippen molar-refractivity contribution >= 4 is 162 Å². The van der Waals surface area contributed by atoms with E-state index < -0.39 is 11.6 Å². The van der Waals surface area contributed by atoms with Gasteiger partial charge >= 0.3 is 0 Å². The average Bonchev–Trinajstić information content (AvgIpc) is 0.650. The van der Waals surface area contributed by atoms with Crippen LogP contribution in [-0.4, -0.2) is 38.6 Å². The molecular formula is C97H110N4O10. The normalized spacial score (nSPS) is 13.0. The third-order valence-corrected chi connectivity index (χ3v) is 26.3. The maximum atomic E-state index is 16.8. The maximum Gasteiger partial charge on any atom is 0.261 e. The first-order valence-corrected chi connectivity index (χ1v) is 43.2. The van der Waals surface area contributed by atoms with Gasteiger partial charge in [-0.1, -0.05) is 228 Å². The molecule has 0 radical (unpaired) electrons. The first kappa shape index (κ1) is 75.9. The molecule has 111 heavy (non-hydrogen) atoms. The van der Waals surface area contributed by atoms with Crippen LogP contribution in [0.4, 0.5) is 0 Å². The van der Waals surface area contributed by atoms with Crippen molar-refractivity contribution in [2.75, 3.05) is 20.3 Å².